The van der Waals surface area contributed by atoms with Crippen LogP contribution < -0.4 is 10.6 Å². The van der Waals surface area contributed by atoms with Crippen LogP contribution in [-0.2, 0) is 0 Å². The third-order valence-corrected chi connectivity index (χ3v) is 4.88. The first-order chi connectivity index (χ1) is 9.58. The topological polar surface area (TPSA) is 61.8 Å². The summed E-state index contributed by atoms with van der Waals surface area (Å²) in [6.07, 6.45) is 3.21. The largest absolute Gasteiger partial charge is 0.409 e. The summed E-state index contributed by atoms with van der Waals surface area (Å²) in [7, 11) is 0. The fourth-order valence-electron chi connectivity index (χ4n) is 2.81. The van der Waals surface area contributed by atoms with Crippen molar-refractivity contribution in [2.24, 2.45) is 22.7 Å². The molecular formula is C15H23N3OS. The van der Waals surface area contributed by atoms with Crippen LogP contribution in [0.5, 0.6) is 0 Å². The molecule has 110 valence electrons. The molecule has 0 saturated carbocycles. The smallest absolute Gasteiger partial charge is 0.173 e. The van der Waals surface area contributed by atoms with Crippen molar-refractivity contribution >= 4 is 23.3 Å². The first-order valence-electron chi connectivity index (χ1n) is 6.98. The minimum absolute atomic E-state index is 0.193. The zero-order chi connectivity index (χ0) is 14.7. The molecule has 1 aromatic rings. The number of nitrogens with zero attached hydrogens (tertiary/aromatic N) is 2. The molecule has 1 aromatic carbocycles. The highest BCUT2D eigenvalue weighted by atomic mass is 32.2. The molecule has 0 aromatic heterocycles. The summed E-state index contributed by atoms with van der Waals surface area (Å²) < 4.78 is 0. The molecule has 0 radical (unpaired) electrons. The molecule has 4 nitrogen and oxygen atoms in total. The molecular weight excluding hydrogens is 270 g/mol. The van der Waals surface area contributed by atoms with Crippen molar-refractivity contribution in [1.29, 1.82) is 0 Å². The summed E-state index contributed by atoms with van der Waals surface area (Å²) in [6.45, 7) is 6.63. The van der Waals surface area contributed by atoms with Crippen LogP contribution in [-0.4, -0.2) is 30.4 Å². The van der Waals surface area contributed by atoms with Gasteiger partial charge in [0.05, 0.1) is 5.56 Å². The minimum atomic E-state index is 0.193. The number of hydrogen-bond donors (Lipinski definition) is 2. The summed E-state index contributed by atoms with van der Waals surface area (Å²) in [4.78, 5) is 3.41. The number of anilines is 1. The van der Waals surface area contributed by atoms with Gasteiger partial charge in [0.2, 0.25) is 0 Å². The van der Waals surface area contributed by atoms with Gasteiger partial charge in [-0.15, -0.1) is 11.8 Å². The van der Waals surface area contributed by atoms with E-state index in [1.807, 2.05) is 18.4 Å². The van der Waals surface area contributed by atoms with Gasteiger partial charge in [-0.1, -0.05) is 25.1 Å². The summed E-state index contributed by atoms with van der Waals surface area (Å²) in [5, 5.41) is 12.3. The van der Waals surface area contributed by atoms with Crippen LogP contribution >= 0.6 is 11.8 Å². The lowest BCUT2D eigenvalue weighted by Gasteiger charge is -2.24. The number of hydrogen-bond acceptors (Lipinski definition) is 4. The second kappa shape index (κ2) is 6.39. The fraction of sp³-hybridized carbons (Fsp3) is 0.533. The second-order valence-corrected chi connectivity index (χ2v) is 6.43. The van der Waals surface area contributed by atoms with E-state index in [0.29, 0.717) is 11.8 Å². The van der Waals surface area contributed by atoms with Gasteiger partial charge in [-0.3, -0.25) is 0 Å². The van der Waals surface area contributed by atoms with Crippen molar-refractivity contribution in [3.8, 4) is 0 Å². The molecule has 1 unspecified atom stereocenters. The molecule has 1 aliphatic heterocycles. The lowest BCUT2D eigenvalue weighted by atomic mass is 9.95. The van der Waals surface area contributed by atoms with Crippen molar-refractivity contribution in [2.45, 2.75) is 25.2 Å². The zero-order valence-corrected chi connectivity index (χ0v) is 13.2. The van der Waals surface area contributed by atoms with Crippen LogP contribution in [0.4, 0.5) is 5.69 Å². The molecule has 0 amide bonds. The molecule has 3 N–H and O–H groups in total. The number of rotatable bonds is 4. The molecule has 20 heavy (non-hydrogen) atoms. The second-order valence-electron chi connectivity index (χ2n) is 5.58. The summed E-state index contributed by atoms with van der Waals surface area (Å²) in [6, 6.07) is 6.12. The number of thioether (sulfide) groups is 1. The first kappa shape index (κ1) is 15.0. The van der Waals surface area contributed by atoms with E-state index in [1.165, 1.54) is 6.42 Å². The standard InChI is InChI=1S/C15H23N3OS/c1-10(2)11-7-8-18(9-11)12-5-4-6-13(20-3)14(12)15(16)17-19/h4-6,10-11,19H,7-9H2,1-3H3,(H2,16,17). The van der Waals surface area contributed by atoms with Crippen LogP contribution in [0.15, 0.2) is 28.3 Å². The molecule has 0 aliphatic carbocycles. The highest BCUT2D eigenvalue weighted by molar-refractivity contribution is 7.98. The van der Waals surface area contributed by atoms with Crippen LogP contribution in [0.3, 0.4) is 0 Å². The van der Waals surface area contributed by atoms with E-state index in [-0.39, 0.29) is 5.84 Å². The average molecular weight is 293 g/mol. The van der Waals surface area contributed by atoms with Crippen molar-refractivity contribution < 1.29 is 5.21 Å². The number of oxime groups is 1. The lowest BCUT2D eigenvalue weighted by Crippen LogP contribution is -2.26. The molecule has 1 fully saturated rings. The fourth-order valence-corrected chi connectivity index (χ4v) is 3.44. The van der Waals surface area contributed by atoms with E-state index >= 15 is 0 Å². The van der Waals surface area contributed by atoms with Gasteiger partial charge in [-0.25, -0.2) is 0 Å². The zero-order valence-electron chi connectivity index (χ0n) is 12.3. The van der Waals surface area contributed by atoms with Crippen molar-refractivity contribution in [1.82, 2.24) is 0 Å². The Morgan fingerprint density at radius 2 is 2.25 bits per heavy atom. The Hall–Kier alpha value is -1.36. The highest BCUT2D eigenvalue weighted by Crippen LogP contribution is 2.34. The molecule has 0 spiro atoms. The highest BCUT2D eigenvalue weighted by Gasteiger charge is 2.27. The molecule has 1 heterocycles. The van der Waals surface area contributed by atoms with E-state index in [0.717, 1.165) is 29.2 Å². The van der Waals surface area contributed by atoms with Crippen LogP contribution in [0.2, 0.25) is 0 Å². The SMILES string of the molecule is CSc1cccc(N2CCC(C(C)C)C2)c1/C(N)=N/O. The quantitative estimate of drug-likeness (QED) is 0.294. The average Bonchev–Trinajstić information content (AvgIpc) is 2.95. The molecule has 2 rings (SSSR count). The molecule has 1 aliphatic rings. The predicted octanol–water partition coefficient (Wildman–Crippen LogP) is 2.99. The maximum atomic E-state index is 9.05. The van der Waals surface area contributed by atoms with E-state index in [9.17, 15) is 0 Å². The van der Waals surface area contributed by atoms with E-state index in [2.05, 4.69) is 30.0 Å². The van der Waals surface area contributed by atoms with Gasteiger partial charge in [0.25, 0.3) is 0 Å². The van der Waals surface area contributed by atoms with E-state index in [4.69, 9.17) is 10.9 Å². The van der Waals surface area contributed by atoms with Crippen molar-refractivity contribution in [2.75, 3.05) is 24.2 Å². The van der Waals surface area contributed by atoms with E-state index < -0.39 is 0 Å². The summed E-state index contributed by atoms with van der Waals surface area (Å²) in [5.41, 5.74) is 7.83. The first-order valence-corrected chi connectivity index (χ1v) is 8.20. The Morgan fingerprint density at radius 1 is 1.50 bits per heavy atom. The molecule has 1 atom stereocenters. The van der Waals surface area contributed by atoms with Crippen LogP contribution in [0.25, 0.3) is 0 Å². The Balaban J connectivity index is 2.37. The maximum Gasteiger partial charge on any atom is 0.173 e. The lowest BCUT2D eigenvalue weighted by molar-refractivity contribution is 0.318. The van der Waals surface area contributed by atoms with Gasteiger partial charge in [-0.2, -0.15) is 0 Å². The Labute approximate surface area is 125 Å². The predicted molar refractivity (Wildman–Crippen MR) is 85.9 cm³/mol. The van der Waals surface area contributed by atoms with E-state index in [1.54, 1.807) is 11.8 Å². The third-order valence-electron chi connectivity index (χ3n) is 4.10. The normalized spacial score (nSPS) is 19.9. The monoisotopic (exact) mass is 293 g/mol. The number of nitrogens with two attached hydrogens (primary N) is 1. The molecule has 0 bridgehead atoms. The van der Waals surface area contributed by atoms with Gasteiger partial charge in [0.1, 0.15) is 0 Å². The van der Waals surface area contributed by atoms with Crippen molar-refractivity contribution in [3.05, 3.63) is 23.8 Å². The maximum absolute atomic E-state index is 9.05. The van der Waals surface area contributed by atoms with Gasteiger partial charge < -0.3 is 15.8 Å². The van der Waals surface area contributed by atoms with Gasteiger partial charge in [-0.05, 0) is 36.6 Å². The van der Waals surface area contributed by atoms with Gasteiger partial charge >= 0.3 is 0 Å². The van der Waals surface area contributed by atoms with Gasteiger partial charge in [0, 0.05) is 23.7 Å². The Bertz CT molecular complexity index is 502. The number of amidine groups is 1. The van der Waals surface area contributed by atoms with Crippen molar-refractivity contribution in [3.63, 3.8) is 0 Å². The summed E-state index contributed by atoms with van der Waals surface area (Å²) >= 11 is 1.62. The number of benzene rings is 1. The molecule has 5 heteroatoms. The van der Waals surface area contributed by atoms with Gasteiger partial charge in [0.15, 0.2) is 5.84 Å². The minimum Gasteiger partial charge on any atom is -0.409 e. The summed E-state index contributed by atoms with van der Waals surface area (Å²) in [5.74, 6) is 1.60. The van der Waals surface area contributed by atoms with Crippen LogP contribution in [0.1, 0.15) is 25.8 Å². The van der Waals surface area contributed by atoms with Crippen LogP contribution in [0, 0.1) is 11.8 Å². The Morgan fingerprint density at radius 3 is 2.80 bits per heavy atom. The Kier molecular flexibility index (Phi) is 4.81. The molecule has 1 saturated heterocycles. The third kappa shape index (κ3) is 2.87.